The Bertz CT molecular complexity index is 8800. The van der Waals surface area contributed by atoms with E-state index in [0.717, 1.165) is 231 Å². The SMILES string of the molecule is C=C(C)c1cc(C(C)C)c(N2C(=O)c3cc(Oc4ccc(C(C)(C)C)cc4)c4c5ccc6c7c(ccc(c8c(Oc9ccc(C(C)(C)C)cc9)cc(c3c48)C2=O)c75)-c2cc3cc4c(cc3cc2-6)C=Cc2cc3cc5c(cc3cc2C=C4)-c2ccc3c4c(Oc6ccc(C(C)(C)C)cc6)cc6c7c(cc(Oc8ccc(C(C)(C)C)cc8)c(c8ccc-5c2c83)c74)C(=O)N(c2c(C(C)C)cc(CC)cc2C(C)C)C6=O)c(C(C)C)c1. The van der Waals surface area contributed by atoms with Gasteiger partial charge in [0.1, 0.15) is 46.0 Å². The molecule has 2 aliphatic heterocycles. The molecule has 25 rings (SSSR count). The van der Waals surface area contributed by atoms with E-state index in [-0.39, 0.29) is 45.3 Å². The van der Waals surface area contributed by atoms with Crippen LogP contribution >= 0.6 is 0 Å². The normalized spacial score (nSPS) is 13.9. The number of allylic oxidation sites excluding steroid dienone is 1. The monoisotopic (exact) mass is 1920 g/mol. The molecule has 20 aromatic rings. The predicted octanol–water partition coefficient (Wildman–Crippen LogP) is 38.1. The van der Waals surface area contributed by atoms with Crippen molar-refractivity contribution in [1.29, 1.82) is 0 Å². The van der Waals surface area contributed by atoms with Crippen LogP contribution < -0.4 is 28.7 Å². The topological polar surface area (TPSA) is 112 Å². The number of hydrogen-bond acceptors (Lipinski definition) is 8. The van der Waals surface area contributed by atoms with Crippen LogP contribution in [0.4, 0.5) is 11.4 Å². The summed E-state index contributed by atoms with van der Waals surface area (Å²) in [7, 11) is 0. The predicted molar refractivity (Wildman–Crippen MR) is 614 cm³/mol. The summed E-state index contributed by atoms with van der Waals surface area (Å²) in [4.78, 5) is 68.7. The number of fused-ring (bicyclic) bond motifs is 14. The lowest BCUT2D eigenvalue weighted by Gasteiger charge is -2.34. The first-order valence-electron chi connectivity index (χ1n) is 52.2. The highest BCUT2D eigenvalue weighted by Crippen LogP contribution is 2.62. The van der Waals surface area contributed by atoms with Gasteiger partial charge in [0, 0.05) is 43.1 Å². The second-order valence-corrected chi connectivity index (χ2v) is 47.2. The molecular weight excluding hydrogens is 1800 g/mol. The molecule has 4 amide bonds. The van der Waals surface area contributed by atoms with Crippen molar-refractivity contribution in [3.63, 3.8) is 0 Å². The molecule has 0 atom stereocenters. The van der Waals surface area contributed by atoms with Crippen LogP contribution in [0.5, 0.6) is 46.0 Å². The summed E-state index contributed by atoms with van der Waals surface area (Å²) in [5, 5.41) is 18.2. The van der Waals surface area contributed by atoms with E-state index >= 15 is 19.2 Å². The van der Waals surface area contributed by atoms with Crippen molar-refractivity contribution < 1.29 is 38.1 Å². The van der Waals surface area contributed by atoms with E-state index in [1.165, 1.54) is 9.80 Å². The Morgan fingerprint density at radius 1 is 0.265 bits per heavy atom. The van der Waals surface area contributed by atoms with E-state index in [2.05, 4.69) is 346 Å². The fourth-order valence-corrected chi connectivity index (χ4v) is 24.4. The number of aryl methyl sites for hydroxylation is 1. The highest BCUT2D eigenvalue weighted by Gasteiger charge is 2.45. The molecule has 20 aromatic carbocycles. The van der Waals surface area contributed by atoms with E-state index in [4.69, 9.17) is 18.9 Å². The average molecular weight is 1920 g/mol. The third kappa shape index (κ3) is 14.2. The van der Waals surface area contributed by atoms with Crippen molar-refractivity contribution in [1.82, 2.24) is 0 Å². The summed E-state index contributed by atoms with van der Waals surface area (Å²) in [5.41, 5.74) is 26.9. The molecule has 0 unspecified atom stereocenters. The van der Waals surface area contributed by atoms with Crippen molar-refractivity contribution in [2.24, 2.45) is 0 Å². The quantitative estimate of drug-likeness (QED) is 0.0534. The summed E-state index contributed by atoms with van der Waals surface area (Å²) in [6, 6.07) is 86.5. The summed E-state index contributed by atoms with van der Waals surface area (Å²) < 4.78 is 29.6. The van der Waals surface area contributed by atoms with E-state index in [0.29, 0.717) is 90.4 Å². The molecule has 724 valence electrons. The van der Waals surface area contributed by atoms with Crippen LogP contribution in [0, 0.1) is 0 Å². The van der Waals surface area contributed by atoms with Crippen LogP contribution in [0.15, 0.2) is 249 Å². The van der Waals surface area contributed by atoms with Gasteiger partial charge in [-0.1, -0.05) is 291 Å². The van der Waals surface area contributed by atoms with Gasteiger partial charge in [-0.3, -0.25) is 19.2 Å². The molecule has 0 spiro atoms. The standard InChI is InChI=1S/C137H118N2O8/c1-24-74-53-100(70(4)5)128(101(54-74)71(6)7)138-130(140)108-65-112(144-88-37-29-84(30-38-88)134(12,13)14)122-96-49-45-92-104-61-80-55-75-25-27-77-57-82-63-106-94-47-51-98-119-99(52-48-95(117(94)119)107(106)64-83(82)58-78(77)28-26-76(75)56-81(80)62-105(104)93-46-50-97(118(96)116(92)93)123-113(66-109(131(138)141)120(108)126(122)123)145-89-39-31-85(32-40-89)135(15,16)17)125-115(147-91-43-35-87(36-44-91)137(21,22)23)68-111-121-110(67-114(124(98)127(121)125)146-90-41-33-86(34-42-90)136(18,19)20)132(142)139(133(111)143)129-102(72(8)9)59-79(69(2)3)60-103(129)73(10)11/h25-68,70-73H,2,24H2,1,3-23H3. The first kappa shape index (κ1) is 92.4. The van der Waals surface area contributed by atoms with Crippen molar-refractivity contribution in [2.75, 3.05) is 9.80 Å². The minimum atomic E-state index is -0.421. The number of carbonyl (C=O) groups is 4. The molecule has 0 N–H and O–H groups in total. The van der Waals surface area contributed by atoms with Gasteiger partial charge in [-0.05, 0) is 379 Å². The molecule has 0 bridgehead atoms. The number of hydrogen-bond donors (Lipinski definition) is 0. The summed E-state index contributed by atoms with van der Waals surface area (Å²) >= 11 is 0. The van der Waals surface area contributed by atoms with Gasteiger partial charge < -0.3 is 18.9 Å². The lowest BCUT2D eigenvalue weighted by atomic mass is 9.82. The third-order valence-corrected chi connectivity index (χ3v) is 32.2. The molecular formula is C137H118N2O8. The van der Waals surface area contributed by atoms with Crippen molar-refractivity contribution in [3.8, 4) is 90.5 Å². The second-order valence-electron chi connectivity index (χ2n) is 47.2. The molecule has 0 aromatic heterocycles. The fraction of sp³-hybridized carbons (Fsp3) is 0.226. The van der Waals surface area contributed by atoms with Gasteiger partial charge in [-0.15, -0.1) is 0 Å². The number of nitrogens with zero attached hydrogens (tertiary/aromatic N) is 2. The van der Waals surface area contributed by atoms with Crippen LogP contribution in [0.1, 0.15) is 295 Å². The zero-order valence-corrected chi connectivity index (χ0v) is 87.8. The van der Waals surface area contributed by atoms with Gasteiger partial charge in [-0.2, -0.15) is 0 Å². The zero-order chi connectivity index (χ0) is 102. The lowest BCUT2D eigenvalue weighted by molar-refractivity contribution is 0.0877. The van der Waals surface area contributed by atoms with Crippen LogP contribution in [0.3, 0.4) is 0 Å². The number of imide groups is 2. The maximum absolute atomic E-state index is 16.5. The molecule has 0 saturated carbocycles. The van der Waals surface area contributed by atoms with Crippen LogP contribution in [-0.2, 0) is 28.1 Å². The maximum Gasteiger partial charge on any atom is 0.266 e. The number of benzene rings is 20. The highest BCUT2D eigenvalue weighted by molar-refractivity contribution is 6.48. The Hall–Kier alpha value is -15.8. The maximum atomic E-state index is 16.5. The molecule has 3 aliphatic carbocycles. The van der Waals surface area contributed by atoms with Gasteiger partial charge in [0.15, 0.2) is 0 Å². The first-order valence-corrected chi connectivity index (χ1v) is 52.2. The Kier molecular flexibility index (Phi) is 20.5. The van der Waals surface area contributed by atoms with E-state index in [9.17, 15) is 0 Å². The smallest absolute Gasteiger partial charge is 0.266 e. The lowest BCUT2D eigenvalue weighted by Crippen LogP contribution is -2.42. The van der Waals surface area contributed by atoms with E-state index < -0.39 is 23.6 Å². The summed E-state index contributed by atoms with van der Waals surface area (Å²) in [5.74, 6) is 2.64. The number of carbonyl (C=O) groups excluding carboxylic acids is 4. The number of anilines is 2. The Balaban J connectivity index is 0.628. The highest BCUT2D eigenvalue weighted by atomic mass is 16.5. The van der Waals surface area contributed by atoms with Crippen LogP contribution in [-0.4, -0.2) is 23.6 Å². The van der Waals surface area contributed by atoms with Crippen molar-refractivity contribution >= 4 is 173 Å². The van der Waals surface area contributed by atoms with E-state index in [1.807, 2.05) is 79.7 Å². The summed E-state index contributed by atoms with van der Waals surface area (Å²) in [6.07, 6.45) is 9.92. The van der Waals surface area contributed by atoms with Gasteiger partial charge in [0.05, 0.1) is 33.6 Å². The van der Waals surface area contributed by atoms with Gasteiger partial charge in [-0.25, -0.2) is 9.80 Å². The summed E-state index contributed by atoms with van der Waals surface area (Å²) in [6.45, 7) is 52.1. The molecule has 10 nitrogen and oxygen atoms in total. The minimum Gasteiger partial charge on any atom is -0.457 e. The number of ether oxygens (including phenoxy) is 4. The fourth-order valence-electron chi connectivity index (χ4n) is 24.4. The molecule has 147 heavy (non-hydrogen) atoms. The van der Waals surface area contributed by atoms with Gasteiger partial charge >= 0.3 is 0 Å². The number of rotatable bonds is 16. The van der Waals surface area contributed by atoms with Crippen LogP contribution in [0.25, 0.3) is 182 Å². The molecule has 0 radical (unpaired) electrons. The van der Waals surface area contributed by atoms with Crippen LogP contribution in [0.2, 0.25) is 0 Å². The van der Waals surface area contributed by atoms with Crippen molar-refractivity contribution in [2.45, 2.75) is 204 Å². The molecule has 2 heterocycles. The second kappa shape index (κ2) is 32.6. The van der Waals surface area contributed by atoms with E-state index in [1.54, 1.807) is 0 Å². The molecule has 0 fully saturated rings. The van der Waals surface area contributed by atoms with Gasteiger partial charge in [0.25, 0.3) is 23.6 Å². The molecule has 0 saturated heterocycles. The Morgan fingerprint density at radius 3 is 0.714 bits per heavy atom. The third-order valence-electron chi connectivity index (χ3n) is 32.2. The Morgan fingerprint density at radius 2 is 0.497 bits per heavy atom. The zero-order valence-electron chi connectivity index (χ0n) is 87.8. The van der Waals surface area contributed by atoms with Gasteiger partial charge in [0.2, 0.25) is 0 Å². The van der Waals surface area contributed by atoms with Crippen molar-refractivity contribution in [3.05, 3.63) is 349 Å². The minimum absolute atomic E-state index is 0.0149. The average Bonchev–Trinajstić information content (AvgIpc) is 1.67. The Labute approximate surface area is 858 Å². The largest absolute Gasteiger partial charge is 0.457 e. The number of amides is 4. The molecule has 5 aliphatic rings. The molecule has 10 heteroatoms. The first-order chi connectivity index (χ1) is 70.1.